The number of benzene rings is 1. The fraction of sp³-hybridized carbons (Fsp3) is 0.471. The normalized spacial score (nSPS) is 46.7. The van der Waals surface area contributed by atoms with Crippen molar-refractivity contribution in [3.05, 3.63) is 35.4 Å². The van der Waals surface area contributed by atoms with Crippen molar-refractivity contribution in [1.29, 1.82) is 0 Å². The number of carbonyl (C=O) groups excluding carboxylic acids is 1. The third kappa shape index (κ3) is 0.890. The number of hydrogen-bond acceptors (Lipinski definition) is 4. The number of ether oxygens (including phenoxy) is 1. The number of hydrogen-bond donors (Lipinski definition) is 2. The third-order valence-electron chi connectivity index (χ3n) is 6.61. The first-order valence-corrected chi connectivity index (χ1v) is 7.70. The smallest absolute Gasteiger partial charge is 0.196 e. The molecule has 4 heteroatoms. The Morgan fingerprint density at radius 2 is 2.29 bits per heavy atom. The molecule has 1 spiro atoms. The molecule has 0 radical (unpaired) electrons. The number of ketones is 1. The average Bonchev–Trinajstić information content (AvgIpc) is 3.10. The highest BCUT2D eigenvalue weighted by Gasteiger charge is 2.74. The van der Waals surface area contributed by atoms with Crippen molar-refractivity contribution < 1.29 is 14.6 Å². The van der Waals surface area contributed by atoms with Crippen LogP contribution in [0.3, 0.4) is 0 Å². The van der Waals surface area contributed by atoms with Gasteiger partial charge in [0.05, 0.1) is 5.41 Å². The first kappa shape index (κ1) is 10.9. The van der Waals surface area contributed by atoms with Crippen LogP contribution >= 0.6 is 0 Å². The maximum atomic E-state index is 12.5. The Bertz CT molecular complexity index is 755. The van der Waals surface area contributed by atoms with Crippen molar-refractivity contribution in [3.8, 4) is 11.5 Å². The van der Waals surface area contributed by atoms with Gasteiger partial charge in [-0.2, -0.15) is 0 Å². The van der Waals surface area contributed by atoms with Gasteiger partial charge in [-0.1, -0.05) is 12.1 Å². The Balaban J connectivity index is 1.77. The zero-order valence-electron chi connectivity index (χ0n) is 11.4. The van der Waals surface area contributed by atoms with Crippen LogP contribution in [0.15, 0.2) is 24.3 Å². The van der Waals surface area contributed by atoms with Gasteiger partial charge in [-0.05, 0) is 42.5 Å². The van der Waals surface area contributed by atoms with Crippen LogP contribution in [0.1, 0.15) is 11.1 Å². The minimum Gasteiger partial charge on any atom is -0.504 e. The van der Waals surface area contributed by atoms with E-state index in [4.69, 9.17) is 4.74 Å². The second-order valence-electron chi connectivity index (χ2n) is 7.07. The van der Waals surface area contributed by atoms with Gasteiger partial charge in [-0.15, -0.1) is 0 Å². The molecule has 4 unspecified atom stereocenters. The highest BCUT2D eigenvalue weighted by molar-refractivity contribution is 5.98. The first-order valence-electron chi connectivity index (χ1n) is 7.70. The summed E-state index contributed by atoms with van der Waals surface area (Å²) < 4.78 is 6.04. The molecule has 106 valence electrons. The van der Waals surface area contributed by atoms with E-state index in [1.165, 1.54) is 5.56 Å². The Morgan fingerprint density at radius 3 is 3.19 bits per heavy atom. The van der Waals surface area contributed by atoms with Gasteiger partial charge in [0.1, 0.15) is 0 Å². The fourth-order valence-corrected chi connectivity index (χ4v) is 6.10. The summed E-state index contributed by atoms with van der Waals surface area (Å²) in [4.78, 5) is 12.5. The molecule has 2 N–H and O–H groups in total. The van der Waals surface area contributed by atoms with Crippen LogP contribution in [0.2, 0.25) is 0 Å². The summed E-state index contributed by atoms with van der Waals surface area (Å²) in [5.74, 6) is 2.15. The molecule has 3 aliphatic carbocycles. The van der Waals surface area contributed by atoms with E-state index in [9.17, 15) is 9.90 Å². The van der Waals surface area contributed by atoms with E-state index in [2.05, 4.69) is 11.4 Å². The minimum atomic E-state index is -0.436. The lowest BCUT2D eigenvalue weighted by Gasteiger charge is -2.46. The monoisotopic (exact) mass is 281 g/mol. The molecule has 2 heterocycles. The zero-order chi connectivity index (χ0) is 13.9. The molecule has 6 atom stereocenters. The summed E-state index contributed by atoms with van der Waals surface area (Å²) in [5, 5.41) is 13.9. The largest absolute Gasteiger partial charge is 0.504 e. The number of fused-ring (bicyclic) bond motifs is 1. The van der Waals surface area contributed by atoms with Crippen LogP contribution in [0.4, 0.5) is 0 Å². The van der Waals surface area contributed by atoms with Crippen LogP contribution in [0.25, 0.3) is 0 Å². The van der Waals surface area contributed by atoms with E-state index >= 15 is 0 Å². The minimum absolute atomic E-state index is 0.0565. The molecule has 4 bridgehead atoms. The van der Waals surface area contributed by atoms with Gasteiger partial charge in [0.15, 0.2) is 23.4 Å². The first-order chi connectivity index (χ1) is 10.2. The summed E-state index contributed by atoms with van der Waals surface area (Å²) in [6, 6.07) is 4.18. The van der Waals surface area contributed by atoms with Crippen molar-refractivity contribution in [3.63, 3.8) is 0 Å². The molecule has 6 rings (SSSR count). The highest BCUT2D eigenvalue weighted by atomic mass is 16.5. The van der Waals surface area contributed by atoms with E-state index in [0.717, 1.165) is 18.5 Å². The molecule has 1 saturated heterocycles. The summed E-state index contributed by atoms with van der Waals surface area (Å²) >= 11 is 0. The Labute approximate surface area is 121 Å². The van der Waals surface area contributed by atoms with Crippen LogP contribution in [0.5, 0.6) is 11.5 Å². The van der Waals surface area contributed by atoms with Crippen LogP contribution in [-0.2, 0) is 16.6 Å². The SMILES string of the molecule is O=C1C=CC2C3NCC4C3Cc3ccc(O)c5c3[C@@]24[C@H]1O5. The number of nitrogens with one attached hydrogen (secondary N) is 1. The lowest BCUT2D eigenvalue weighted by Crippen LogP contribution is -2.58. The molecular weight excluding hydrogens is 266 g/mol. The second kappa shape index (κ2) is 3.02. The van der Waals surface area contributed by atoms with Crippen molar-refractivity contribution in [1.82, 2.24) is 5.32 Å². The molecule has 5 aliphatic rings. The molecular formula is C17H15NO3. The number of phenols is 1. The lowest BCUT2D eigenvalue weighted by atomic mass is 9.57. The van der Waals surface area contributed by atoms with Crippen molar-refractivity contribution in [2.24, 2.45) is 17.8 Å². The number of piperidine rings is 1. The topological polar surface area (TPSA) is 58.6 Å². The molecule has 1 aromatic carbocycles. The van der Waals surface area contributed by atoms with Gasteiger partial charge in [-0.25, -0.2) is 0 Å². The fourth-order valence-electron chi connectivity index (χ4n) is 6.10. The van der Waals surface area contributed by atoms with Gasteiger partial charge in [0, 0.05) is 17.5 Å². The number of rotatable bonds is 0. The highest BCUT2D eigenvalue weighted by Crippen LogP contribution is 2.69. The molecule has 1 saturated carbocycles. The van der Waals surface area contributed by atoms with E-state index in [1.807, 2.05) is 6.07 Å². The maximum absolute atomic E-state index is 12.5. The maximum Gasteiger partial charge on any atom is 0.196 e. The Morgan fingerprint density at radius 1 is 1.38 bits per heavy atom. The quantitative estimate of drug-likeness (QED) is 0.742. The summed E-state index contributed by atoms with van der Waals surface area (Å²) in [6.07, 6.45) is 4.39. The van der Waals surface area contributed by atoms with Gasteiger partial charge in [0.2, 0.25) is 0 Å². The van der Waals surface area contributed by atoms with Gasteiger partial charge < -0.3 is 15.2 Å². The molecule has 2 aliphatic heterocycles. The molecule has 0 amide bonds. The Hall–Kier alpha value is -1.81. The van der Waals surface area contributed by atoms with E-state index < -0.39 is 6.10 Å². The zero-order valence-corrected chi connectivity index (χ0v) is 11.4. The molecule has 4 nitrogen and oxygen atoms in total. The van der Waals surface area contributed by atoms with Crippen LogP contribution < -0.4 is 10.1 Å². The number of carbonyl (C=O) groups is 1. The van der Waals surface area contributed by atoms with Crippen LogP contribution in [-0.4, -0.2) is 29.6 Å². The molecule has 1 aromatic rings. The van der Waals surface area contributed by atoms with Crippen molar-refractivity contribution in [2.75, 3.05) is 6.54 Å². The molecule has 21 heavy (non-hydrogen) atoms. The van der Waals surface area contributed by atoms with Gasteiger partial charge >= 0.3 is 0 Å². The predicted molar refractivity (Wildman–Crippen MR) is 74.3 cm³/mol. The molecule has 2 fully saturated rings. The lowest BCUT2D eigenvalue weighted by molar-refractivity contribution is -0.125. The second-order valence-corrected chi connectivity index (χ2v) is 7.07. The van der Waals surface area contributed by atoms with Gasteiger partial charge in [-0.3, -0.25) is 4.79 Å². The number of aromatic hydroxyl groups is 1. The van der Waals surface area contributed by atoms with Gasteiger partial charge in [0.25, 0.3) is 0 Å². The van der Waals surface area contributed by atoms with E-state index in [1.54, 1.807) is 12.1 Å². The van der Waals surface area contributed by atoms with Crippen molar-refractivity contribution in [2.45, 2.75) is 24.0 Å². The summed E-state index contributed by atoms with van der Waals surface area (Å²) in [6.45, 7) is 0.960. The summed E-state index contributed by atoms with van der Waals surface area (Å²) in [7, 11) is 0. The van der Waals surface area contributed by atoms with E-state index in [0.29, 0.717) is 29.5 Å². The number of phenolic OH excluding ortho intramolecular Hbond substituents is 1. The van der Waals surface area contributed by atoms with E-state index in [-0.39, 0.29) is 16.9 Å². The molecule has 0 aromatic heterocycles. The van der Waals surface area contributed by atoms with Crippen LogP contribution in [0, 0.1) is 17.8 Å². The average molecular weight is 281 g/mol. The Kier molecular flexibility index (Phi) is 1.56. The predicted octanol–water partition coefficient (Wildman–Crippen LogP) is 0.920. The standard InChI is InChI=1S/C17H15NO3/c19-11-3-1-7-5-8-10-6-18-14(8)9-2-4-12(20)16-17(9,10)13(7)15(11)21-16/h1-4,8-10,14,16,18-19H,5-6H2/t8?,9?,10?,14?,16-,17+/m0/s1. The van der Waals surface area contributed by atoms with Crippen molar-refractivity contribution >= 4 is 5.78 Å². The third-order valence-corrected chi connectivity index (χ3v) is 6.61. The summed E-state index contributed by atoms with van der Waals surface area (Å²) in [5.41, 5.74) is 2.18.